The average Bonchev–Trinajstić information content (AvgIpc) is 2.55. The number of rotatable bonds is 4. The van der Waals surface area contributed by atoms with Crippen molar-refractivity contribution in [2.24, 2.45) is 0 Å². The number of para-hydroxylation sites is 1. The van der Waals surface area contributed by atoms with Gasteiger partial charge in [0.25, 0.3) is 11.4 Å². The third kappa shape index (κ3) is 5.44. The van der Waals surface area contributed by atoms with Crippen LogP contribution in [0.4, 0.5) is 11.4 Å². The summed E-state index contributed by atoms with van der Waals surface area (Å²) < 4.78 is 0. The third-order valence-corrected chi connectivity index (χ3v) is 2.81. The quantitative estimate of drug-likeness (QED) is 0.299. The fourth-order valence-electron chi connectivity index (χ4n) is 1.64. The molecule has 0 atom stereocenters. The number of nitrogens with zero attached hydrogens (tertiary/aromatic N) is 2. The van der Waals surface area contributed by atoms with Gasteiger partial charge in [-0.2, -0.15) is 0 Å². The molecule has 0 aliphatic rings. The van der Waals surface area contributed by atoms with Gasteiger partial charge in [0.1, 0.15) is 0 Å². The van der Waals surface area contributed by atoms with Crippen molar-refractivity contribution < 1.29 is 29.9 Å². The molecule has 0 amide bonds. The number of nitro groups is 2. The van der Waals surface area contributed by atoms with E-state index in [9.17, 15) is 20.2 Å². The van der Waals surface area contributed by atoms with Gasteiger partial charge in [-0.05, 0) is 5.46 Å². The Kier molecular flexibility index (Phi) is 7.01. The summed E-state index contributed by atoms with van der Waals surface area (Å²) in [6.45, 7) is 0. The van der Waals surface area contributed by atoms with Crippen molar-refractivity contribution in [1.29, 1.82) is 0 Å². The highest BCUT2D eigenvalue weighted by Crippen LogP contribution is 2.07. The molecular weight excluding hydrogens is 322 g/mol. The zero-order chi connectivity index (χ0) is 18.3. The Bertz CT molecular complexity index is 708. The van der Waals surface area contributed by atoms with Gasteiger partial charge >= 0.3 is 14.2 Å². The van der Waals surface area contributed by atoms with Crippen molar-refractivity contribution in [2.75, 3.05) is 0 Å². The van der Waals surface area contributed by atoms with Crippen LogP contribution in [-0.4, -0.2) is 44.2 Å². The Morgan fingerprint density at radius 1 is 0.750 bits per heavy atom. The van der Waals surface area contributed by atoms with E-state index in [1.807, 2.05) is 0 Å². The Balaban J connectivity index is 0.000000240. The van der Waals surface area contributed by atoms with E-state index in [4.69, 9.17) is 20.1 Å². The minimum Gasteiger partial charge on any atom is -0.423 e. The summed E-state index contributed by atoms with van der Waals surface area (Å²) in [6.07, 6.45) is 0. The molecule has 0 bridgehead atoms. The normalized spacial score (nSPS) is 9.50. The van der Waals surface area contributed by atoms with Crippen LogP contribution in [0.2, 0.25) is 0 Å². The molecule has 0 spiro atoms. The van der Waals surface area contributed by atoms with Crippen LogP contribution in [0.5, 0.6) is 0 Å². The summed E-state index contributed by atoms with van der Waals surface area (Å²) in [6, 6.07) is 10.5. The number of hydrogen-bond donors (Lipinski definition) is 4. The van der Waals surface area contributed by atoms with Gasteiger partial charge in [0.2, 0.25) is 0 Å². The molecule has 0 unspecified atom stereocenters. The number of benzene rings is 2. The molecular formula is C12H12B2N2O8. The molecule has 2 rings (SSSR count). The Morgan fingerprint density at radius 3 is 1.67 bits per heavy atom. The molecule has 0 fully saturated rings. The predicted molar refractivity (Wildman–Crippen MR) is 85.8 cm³/mol. The van der Waals surface area contributed by atoms with Crippen LogP contribution in [0, 0.1) is 20.2 Å². The van der Waals surface area contributed by atoms with Gasteiger partial charge in [0, 0.05) is 18.2 Å². The molecule has 10 nitrogen and oxygen atoms in total. The molecule has 0 aromatic heterocycles. The maximum atomic E-state index is 10.3. The molecule has 0 saturated carbocycles. The highest BCUT2D eigenvalue weighted by atomic mass is 16.6. The van der Waals surface area contributed by atoms with E-state index < -0.39 is 24.1 Å². The highest BCUT2D eigenvalue weighted by molar-refractivity contribution is 6.60. The van der Waals surface area contributed by atoms with E-state index >= 15 is 0 Å². The number of non-ortho nitro benzene ring substituents is 1. The van der Waals surface area contributed by atoms with Crippen LogP contribution >= 0.6 is 0 Å². The van der Waals surface area contributed by atoms with Gasteiger partial charge in [0.15, 0.2) is 0 Å². The molecule has 2 aromatic rings. The standard InChI is InChI=1S/2C6H6BNO4/c9-7(10)5-1-3-6(4-2-5)8(11)12;9-7(10)5-3-1-2-4-6(5)8(11)12/h2*1-4,9-10H. The summed E-state index contributed by atoms with van der Waals surface area (Å²) in [4.78, 5) is 19.3. The molecule has 24 heavy (non-hydrogen) atoms. The van der Waals surface area contributed by atoms with Gasteiger partial charge in [-0.25, -0.2) is 0 Å². The van der Waals surface area contributed by atoms with Crippen LogP contribution in [0.25, 0.3) is 0 Å². The van der Waals surface area contributed by atoms with E-state index in [-0.39, 0.29) is 22.3 Å². The summed E-state index contributed by atoms with van der Waals surface area (Å²) in [7, 11) is -3.38. The fraction of sp³-hybridized carbons (Fsp3) is 0. The van der Waals surface area contributed by atoms with Crippen molar-refractivity contribution in [3.8, 4) is 0 Å². The first-order valence-electron chi connectivity index (χ1n) is 6.44. The zero-order valence-corrected chi connectivity index (χ0v) is 12.1. The molecule has 0 aliphatic heterocycles. The predicted octanol–water partition coefficient (Wildman–Crippen LogP) is -1.45. The molecule has 4 N–H and O–H groups in total. The summed E-state index contributed by atoms with van der Waals surface area (Å²) in [5.74, 6) is 0. The van der Waals surface area contributed by atoms with Gasteiger partial charge < -0.3 is 20.1 Å². The second kappa shape index (κ2) is 8.74. The third-order valence-electron chi connectivity index (χ3n) is 2.81. The monoisotopic (exact) mass is 334 g/mol. The van der Waals surface area contributed by atoms with Crippen molar-refractivity contribution in [1.82, 2.24) is 0 Å². The summed E-state index contributed by atoms with van der Waals surface area (Å²) >= 11 is 0. The van der Waals surface area contributed by atoms with Crippen LogP contribution in [0.15, 0.2) is 48.5 Å². The van der Waals surface area contributed by atoms with E-state index in [2.05, 4.69) is 0 Å². The van der Waals surface area contributed by atoms with Crippen LogP contribution in [-0.2, 0) is 0 Å². The Morgan fingerprint density at radius 2 is 1.29 bits per heavy atom. The average molecular weight is 334 g/mol. The summed E-state index contributed by atoms with van der Waals surface area (Å²) in [5, 5.41) is 55.2. The molecule has 0 saturated heterocycles. The largest absolute Gasteiger partial charge is 0.495 e. The van der Waals surface area contributed by atoms with Gasteiger partial charge in [-0.3, -0.25) is 20.2 Å². The van der Waals surface area contributed by atoms with E-state index in [0.29, 0.717) is 0 Å². The maximum Gasteiger partial charge on any atom is 0.495 e. The minimum atomic E-state index is -1.80. The van der Waals surface area contributed by atoms with E-state index in [0.717, 1.165) is 0 Å². The van der Waals surface area contributed by atoms with Gasteiger partial charge in [-0.1, -0.05) is 30.3 Å². The fourth-order valence-corrected chi connectivity index (χ4v) is 1.64. The van der Waals surface area contributed by atoms with Crippen LogP contribution in [0.1, 0.15) is 0 Å². The second-order valence-corrected chi connectivity index (χ2v) is 4.41. The minimum absolute atomic E-state index is 0.0700. The van der Waals surface area contributed by atoms with E-state index in [1.165, 1.54) is 48.5 Å². The first-order valence-corrected chi connectivity index (χ1v) is 6.44. The second-order valence-electron chi connectivity index (χ2n) is 4.41. The molecule has 0 radical (unpaired) electrons. The van der Waals surface area contributed by atoms with Crippen LogP contribution in [0.3, 0.4) is 0 Å². The lowest BCUT2D eigenvalue weighted by Gasteiger charge is -1.99. The Hall–Kier alpha value is -2.79. The first kappa shape index (κ1) is 19.3. The SMILES string of the molecule is O=[N+]([O-])c1ccc(B(O)O)cc1.O=[N+]([O-])c1ccccc1B(O)O. The van der Waals surface area contributed by atoms with E-state index in [1.54, 1.807) is 0 Å². The van der Waals surface area contributed by atoms with Crippen molar-refractivity contribution in [3.63, 3.8) is 0 Å². The van der Waals surface area contributed by atoms with Gasteiger partial charge in [-0.15, -0.1) is 0 Å². The van der Waals surface area contributed by atoms with Gasteiger partial charge in [0.05, 0.1) is 15.3 Å². The topological polar surface area (TPSA) is 167 Å². The number of nitro benzene ring substituents is 2. The lowest BCUT2D eigenvalue weighted by atomic mass is 9.79. The molecule has 12 heteroatoms. The zero-order valence-electron chi connectivity index (χ0n) is 12.1. The highest BCUT2D eigenvalue weighted by Gasteiger charge is 2.22. The van der Waals surface area contributed by atoms with Crippen molar-refractivity contribution in [2.45, 2.75) is 0 Å². The smallest absolute Gasteiger partial charge is 0.423 e. The van der Waals surface area contributed by atoms with Crippen molar-refractivity contribution in [3.05, 3.63) is 68.8 Å². The first-order chi connectivity index (χ1) is 11.2. The molecule has 2 aromatic carbocycles. The lowest BCUT2D eigenvalue weighted by molar-refractivity contribution is -0.384. The molecule has 124 valence electrons. The Labute approximate surface area is 136 Å². The lowest BCUT2D eigenvalue weighted by Crippen LogP contribution is -2.31. The van der Waals surface area contributed by atoms with Crippen molar-refractivity contribution >= 4 is 36.5 Å². The molecule has 0 heterocycles. The van der Waals surface area contributed by atoms with Crippen LogP contribution < -0.4 is 10.9 Å². The molecule has 0 aliphatic carbocycles. The maximum absolute atomic E-state index is 10.3. The number of hydrogen-bond acceptors (Lipinski definition) is 8. The summed E-state index contributed by atoms with van der Waals surface area (Å²) in [5.41, 5.74) is -0.213.